The molecule has 0 saturated heterocycles. The highest BCUT2D eigenvalue weighted by Gasteiger charge is 2.09. The number of ether oxygens (including phenoxy) is 1. The summed E-state index contributed by atoms with van der Waals surface area (Å²) in [7, 11) is 0. The van der Waals surface area contributed by atoms with Crippen LogP contribution in [0.1, 0.15) is 51.2 Å². The Bertz CT molecular complexity index is 358. The molecule has 0 N–H and O–H groups in total. The zero-order valence-corrected chi connectivity index (χ0v) is 13.0. The highest BCUT2D eigenvalue weighted by Crippen LogP contribution is 2.28. The quantitative estimate of drug-likeness (QED) is 0.703. The maximum absolute atomic E-state index is 5.90. The molecule has 1 rings (SSSR count). The summed E-state index contributed by atoms with van der Waals surface area (Å²) in [5.74, 6) is 3.06. The van der Waals surface area contributed by atoms with E-state index in [2.05, 4.69) is 58.5 Å². The number of hydrogen-bond acceptors (Lipinski definition) is 2. The minimum Gasteiger partial charge on any atom is -0.493 e. The Morgan fingerprint density at radius 3 is 2.44 bits per heavy atom. The van der Waals surface area contributed by atoms with Crippen molar-refractivity contribution < 1.29 is 4.74 Å². The molecule has 0 amide bonds. The maximum atomic E-state index is 5.90. The first-order valence-electron chi connectivity index (χ1n) is 6.91. The highest BCUT2D eigenvalue weighted by molar-refractivity contribution is 7.80. The van der Waals surface area contributed by atoms with Gasteiger partial charge in [-0.1, -0.05) is 39.8 Å². The van der Waals surface area contributed by atoms with Crippen molar-refractivity contribution in [1.29, 1.82) is 0 Å². The van der Waals surface area contributed by atoms with Crippen LogP contribution in [0.4, 0.5) is 0 Å². The lowest BCUT2D eigenvalue weighted by atomic mass is 9.98. The molecule has 0 aromatic heterocycles. The molecule has 0 heterocycles. The van der Waals surface area contributed by atoms with Crippen molar-refractivity contribution in [2.24, 2.45) is 5.92 Å². The summed E-state index contributed by atoms with van der Waals surface area (Å²) in [6, 6.07) is 6.61. The second-order valence-electron chi connectivity index (χ2n) is 5.56. The fourth-order valence-electron chi connectivity index (χ4n) is 1.88. The minimum absolute atomic E-state index is 0.503. The van der Waals surface area contributed by atoms with Gasteiger partial charge in [0.05, 0.1) is 6.61 Å². The van der Waals surface area contributed by atoms with Crippen LogP contribution in [0.15, 0.2) is 18.2 Å². The van der Waals surface area contributed by atoms with Gasteiger partial charge in [0.2, 0.25) is 0 Å². The SMILES string of the molecule is CC(C)COc1ccc(CCCS)cc1C(C)C. The van der Waals surface area contributed by atoms with E-state index in [9.17, 15) is 0 Å². The third kappa shape index (κ3) is 4.93. The fourth-order valence-corrected chi connectivity index (χ4v) is 2.03. The van der Waals surface area contributed by atoms with E-state index in [0.29, 0.717) is 11.8 Å². The molecule has 2 heteroatoms. The van der Waals surface area contributed by atoms with Gasteiger partial charge >= 0.3 is 0 Å². The maximum Gasteiger partial charge on any atom is 0.122 e. The molecule has 18 heavy (non-hydrogen) atoms. The van der Waals surface area contributed by atoms with Gasteiger partial charge in [0, 0.05) is 0 Å². The summed E-state index contributed by atoms with van der Waals surface area (Å²) in [5, 5.41) is 0. The number of aryl methyl sites for hydroxylation is 1. The molecule has 0 radical (unpaired) electrons. The topological polar surface area (TPSA) is 9.23 Å². The summed E-state index contributed by atoms with van der Waals surface area (Å²) in [4.78, 5) is 0. The van der Waals surface area contributed by atoms with Gasteiger partial charge < -0.3 is 4.74 Å². The standard InChI is InChI=1S/C16H26OS/c1-12(2)11-17-16-8-7-14(6-5-9-18)10-15(16)13(3)4/h7-8,10,12-13,18H,5-6,9,11H2,1-4H3. The Morgan fingerprint density at radius 2 is 1.89 bits per heavy atom. The van der Waals surface area contributed by atoms with Crippen LogP contribution >= 0.6 is 12.6 Å². The molecule has 102 valence electrons. The predicted octanol–water partition coefficient (Wildman–Crippen LogP) is 4.71. The predicted molar refractivity (Wildman–Crippen MR) is 83.0 cm³/mol. The molecule has 0 bridgehead atoms. The van der Waals surface area contributed by atoms with E-state index in [0.717, 1.165) is 31.0 Å². The molecule has 0 aliphatic carbocycles. The van der Waals surface area contributed by atoms with Gasteiger partial charge in [-0.2, -0.15) is 12.6 Å². The number of thiol groups is 1. The third-order valence-corrected chi connectivity index (χ3v) is 3.21. The van der Waals surface area contributed by atoms with Gasteiger partial charge in [-0.05, 0) is 47.6 Å². The second-order valence-corrected chi connectivity index (χ2v) is 6.01. The Balaban J connectivity index is 2.83. The second kappa shape index (κ2) is 7.73. The summed E-state index contributed by atoms with van der Waals surface area (Å²) in [6.07, 6.45) is 2.24. The molecular formula is C16H26OS. The van der Waals surface area contributed by atoms with Gasteiger partial charge in [0.25, 0.3) is 0 Å². The van der Waals surface area contributed by atoms with Crippen molar-refractivity contribution in [2.75, 3.05) is 12.4 Å². The average molecular weight is 266 g/mol. The van der Waals surface area contributed by atoms with E-state index in [1.165, 1.54) is 11.1 Å². The summed E-state index contributed by atoms with van der Waals surface area (Å²) in [5.41, 5.74) is 2.72. The van der Waals surface area contributed by atoms with Crippen LogP contribution in [0.5, 0.6) is 5.75 Å². The monoisotopic (exact) mass is 266 g/mol. The highest BCUT2D eigenvalue weighted by atomic mass is 32.1. The number of benzene rings is 1. The lowest BCUT2D eigenvalue weighted by Gasteiger charge is -2.16. The first-order chi connectivity index (χ1) is 8.54. The molecule has 1 nitrogen and oxygen atoms in total. The van der Waals surface area contributed by atoms with E-state index in [1.54, 1.807) is 0 Å². The zero-order chi connectivity index (χ0) is 13.5. The first kappa shape index (κ1) is 15.4. The van der Waals surface area contributed by atoms with Gasteiger partial charge in [-0.25, -0.2) is 0 Å². The van der Waals surface area contributed by atoms with Crippen molar-refractivity contribution in [1.82, 2.24) is 0 Å². The molecular weight excluding hydrogens is 240 g/mol. The minimum atomic E-state index is 0.503. The third-order valence-electron chi connectivity index (χ3n) is 2.89. The van der Waals surface area contributed by atoms with E-state index in [1.807, 2.05) is 0 Å². The van der Waals surface area contributed by atoms with Gasteiger partial charge in [0.15, 0.2) is 0 Å². The van der Waals surface area contributed by atoms with E-state index >= 15 is 0 Å². The lowest BCUT2D eigenvalue weighted by Crippen LogP contribution is -2.07. The largest absolute Gasteiger partial charge is 0.493 e. The van der Waals surface area contributed by atoms with Crippen molar-refractivity contribution in [3.63, 3.8) is 0 Å². The van der Waals surface area contributed by atoms with E-state index in [4.69, 9.17) is 4.74 Å². The molecule has 0 aliphatic heterocycles. The fraction of sp³-hybridized carbons (Fsp3) is 0.625. The van der Waals surface area contributed by atoms with Crippen LogP contribution in [0.3, 0.4) is 0 Å². The summed E-state index contributed by atoms with van der Waals surface area (Å²) < 4.78 is 5.90. The van der Waals surface area contributed by atoms with Crippen LogP contribution in [0, 0.1) is 5.92 Å². The Kier molecular flexibility index (Phi) is 6.62. The van der Waals surface area contributed by atoms with Crippen molar-refractivity contribution in [2.45, 2.75) is 46.5 Å². The molecule has 0 atom stereocenters. The van der Waals surface area contributed by atoms with Gasteiger partial charge in [-0.3, -0.25) is 0 Å². The first-order valence-corrected chi connectivity index (χ1v) is 7.54. The molecule has 1 aromatic rings. The number of hydrogen-bond donors (Lipinski definition) is 1. The van der Waals surface area contributed by atoms with Crippen LogP contribution in [-0.4, -0.2) is 12.4 Å². The molecule has 0 fully saturated rings. The summed E-state index contributed by atoms with van der Waals surface area (Å²) >= 11 is 4.27. The molecule has 0 unspecified atom stereocenters. The molecule has 0 aliphatic rings. The molecule has 1 aromatic carbocycles. The van der Waals surface area contributed by atoms with Crippen LogP contribution in [0.25, 0.3) is 0 Å². The van der Waals surface area contributed by atoms with Gasteiger partial charge in [0.1, 0.15) is 5.75 Å². The molecule has 0 saturated carbocycles. The van der Waals surface area contributed by atoms with Crippen LogP contribution < -0.4 is 4.74 Å². The van der Waals surface area contributed by atoms with Crippen molar-refractivity contribution in [3.05, 3.63) is 29.3 Å². The van der Waals surface area contributed by atoms with Crippen LogP contribution in [-0.2, 0) is 6.42 Å². The van der Waals surface area contributed by atoms with Crippen molar-refractivity contribution in [3.8, 4) is 5.75 Å². The zero-order valence-electron chi connectivity index (χ0n) is 12.1. The normalized spacial score (nSPS) is 11.3. The van der Waals surface area contributed by atoms with Gasteiger partial charge in [-0.15, -0.1) is 0 Å². The smallest absolute Gasteiger partial charge is 0.122 e. The van der Waals surface area contributed by atoms with Crippen LogP contribution in [0.2, 0.25) is 0 Å². The van der Waals surface area contributed by atoms with E-state index < -0.39 is 0 Å². The molecule has 0 spiro atoms. The van der Waals surface area contributed by atoms with Crippen molar-refractivity contribution >= 4 is 12.6 Å². The Labute approximate surface area is 117 Å². The number of rotatable bonds is 7. The summed E-state index contributed by atoms with van der Waals surface area (Å²) in [6.45, 7) is 9.59. The Morgan fingerprint density at radius 1 is 1.17 bits per heavy atom. The van der Waals surface area contributed by atoms with E-state index in [-0.39, 0.29) is 0 Å². The average Bonchev–Trinajstić information content (AvgIpc) is 2.34. The lowest BCUT2D eigenvalue weighted by molar-refractivity contribution is 0.267. The Hall–Kier alpha value is -0.630.